The Morgan fingerprint density at radius 1 is 1.00 bits per heavy atom. The Labute approximate surface area is 109 Å². The van der Waals surface area contributed by atoms with E-state index in [0.717, 1.165) is 29.8 Å². The molecule has 102 valence electrons. The van der Waals surface area contributed by atoms with E-state index in [4.69, 9.17) is 0 Å². The van der Waals surface area contributed by atoms with Gasteiger partial charge in [0.05, 0.1) is 0 Å². The van der Waals surface area contributed by atoms with E-state index in [9.17, 15) is 0 Å². The number of hydrogen-bond acceptors (Lipinski definition) is 1. The SMILES string of the molecule is CCC(C)CC(CC)NC1CC(C)CC(C)C1. The Bertz CT molecular complexity index is 192. The predicted molar refractivity (Wildman–Crippen MR) is 77.3 cm³/mol. The quantitative estimate of drug-likeness (QED) is 0.713. The maximum atomic E-state index is 3.93. The predicted octanol–water partition coefficient (Wildman–Crippen LogP) is 4.62. The Morgan fingerprint density at radius 2 is 1.59 bits per heavy atom. The summed E-state index contributed by atoms with van der Waals surface area (Å²) in [6.45, 7) is 11.9. The molecule has 0 spiro atoms. The molecule has 1 saturated carbocycles. The molecule has 0 saturated heterocycles. The second-order valence-electron chi connectivity index (χ2n) is 6.64. The second kappa shape index (κ2) is 7.41. The molecule has 1 aliphatic rings. The minimum absolute atomic E-state index is 0.743. The molecule has 1 nitrogen and oxygen atoms in total. The summed E-state index contributed by atoms with van der Waals surface area (Å²) in [6.07, 6.45) is 8.16. The van der Waals surface area contributed by atoms with E-state index in [0.29, 0.717) is 0 Å². The van der Waals surface area contributed by atoms with Crippen LogP contribution in [0, 0.1) is 17.8 Å². The van der Waals surface area contributed by atoms with Gasteiger partial charge < -0.3 is 5.32 Å². The van der Waals surface area contributed by atoms with E-state index in [1.807, 2.05) is 0 Å². The Hall–Kier alpha value is -0.0400. The van der Waals surface area contributed by atoms with Gasteiger partial charge in [0.1, 0.15) is 0 Å². The third-order valence-corrected chi connectivity index (χ3v) is 4.53. The fourth-order valence-corrected chi connectivity index (χ4v) is 3.42. The highest BCUT2D eigenvalue weighted by Gasteiger charge is 2.25. The Morgan fingerprint density at radius 3 is 2.06 bits per heavy atom. The summed E-state index contributed by atoms with van der Waals surface area (Å²) in [7, 11) is 0. The van der Waals surface area contributed by atoms with Crippen molar-refractivity contribution < 1.29 is 0 Å². The van der Waals surface area contributed by atoms with Crippen molar-refractivity contribution in [2.75, 3.05) is 0 Å². The number of rotatable bonds is 6. The molecule has 1 fully saturated rings. The van der Waals surface area contributed by atoms with Crippen molar-refractivity contribution in [2.45, 2.75) is 85.2 Å². The molecule has 0 amide bonds. The summed E-state index contributed by atoms with van der Waals surface area (Å²) in [4.78, 5) is 0. The van der Waals surface area contributed by atoms with Crippen LogP contribution < -0.4 is 5.32 Å². The average Bonchev–Trinajstić information content (AvgIpc) is 2.26. The van der Waals surface area contributed by atoms with Crippen molar-refractivity contribution in [1.82, 2.24) is 5.32 Å². The van der Waals surface area contributed by atoms with E-state index >= 15 is 0 Å². The van der Waals surface area contributed by atoms with E-state index in [1.54, 1.807) is 0 Å². The molecule has 4 atom stereocenters. The minimum Gasteiger partial charge on any atom is -0.311 e. The van der Waals surface area contributed by atoms with Crippen LogP contribution >= 0.6 is 0 Å². The van der Waals surface area contributed by atoms with Crippen molar-refractivity contribution in [3.8, 4) is 0 Å². The van der Waals surface area contributed by atoms with Crippen molar-refractivity contribution in [3.63, 3.8) is 0 Å². The topological polar surface area (TPSA) is 12.0 Å². The summed E-state index contributed by atoms with van der Waals surface area (Å²) in [5.41, 5.74) is 0. The monoisotopic (exact) mass is 239 g/mol. The standard InChI is InChI=1S/C16H33N/c1-6-12(3)9-15(7-2)17-16-10-13(4)8-14(5)11-16/h12-17H,6-11H2,1-5H3. The van der Waals surface area contributed by atoms with Crippen LogP contribution in [0.15, 0.2) is 0 Å². The molecule has 17 heavy (non-hydrogen) atoms. The van der Waals surface area contributed by atoms with Crippen molar-refractivity contribution in [3.05, 3.63) is 0 Å². The smallest absolute Gasteiger partial charge is 0.00747 e. The first-order valence-electron chi connectivity index (χ1n) is 7.81. The number of hydrogen-bond donors (Lipinski definition) is 1. The van der Waals surface area contributed by atoms with E-state index in [2.05, 4.69) is 39.9 Å². The van der Waals surface area contributed by atoms with Crippen LogP contribution in [0.2, 0.25) is 0 Å². The summed E-state index contributed by atoms with van der Waals surface area (Å²) < 4.78 is 0. The third-order valence-electron chi connectivity index (χ3n) is 4.53. The molecular weight excluding hydrogens is 206 g/mol. The van der Waals surface area contributed by atoms with Crippen LogP contribution in [0.25, 0.3) is 0 Å². The van der Waals surface area contributed by atoms with Crippen molar-refractivity contribution in [1.29, 1.82) is 0 Å². The Balaban J connectivity index is 2.38. The molecule has 1 rings (SSSR count). The van der Waals surface area contributed by atoms with Gasteiger partial charge in [-0.05, 0) is 49.9 Å². The van der Waals surface area contributed by atoms with Gasteiger partial charge in [0.25, 0.3) is 0 Å². The van der Waals surface area contributed by atoms with Crippen molar-refractivity contribution in [2.24, 2.45) is 17.8 Å². The maximum absolute atomic E-state index is 3.93. The molecule has 4 unspecified atom stereocenters. The van der Waals surface area contributed by atoms with Gasteiger partial charge in [0, 0.05) is 12.1 Å². The fraction of sp³-hybridized carbons (Fsp3) is 1.00. The van der Waals surface area contributed by atoms with Gasteiger partial charge in [-0.2, -0.15) is 0 Å². The van der Waals surface area contributed by atoms with E-state index in [1.165, 1.54) is 38.5 Å². The second-order valence-corrected chi connectivity index (χ2v) is 6.64. The first kappa shape index (κ1) is 15.0. The average molecular weight is 239 g/mol. The molecule has 0 radical (unpaired) electrons. The number of nitrogens with one attached hydrogen (secondary N) is 1. The minimum atomic E-state index is 0.743. The van der Waals surface area contributed by atoms with Gasteiger partial charge >= 0.3 is 0 Å². The molecule has 0 aromatic rings. The molecule has 1 heteroatoms. The van der Waals surface area contributed by atoms with Crippen molar-refractivity contribution >= 4 is 0 Å². The highest BCUT2D eigenvalue weighted by Crippen LogP contribution is 2.29. The third kappa shape index (κ3) is 5.42. The van der Waals surface area contributed by atoms with Crippen LogP contribution in [0.1, 0.15) is 73.1 Å². The normalized spacial score (nSPS) is 33.4. The lowest BCUT2D eigenvalue weighted by molar-refractivity contribution is 0.215. The molecule has 0 aliphatic heterocycles. The Kier molecular flexibility index (Phi) is 6.54. The largest absolute Gasteiger partial charge is 0.311 e. The van der Waals surface area contributed by atoms with E-state index in [-0.39, 0.29) is 0 Å². The highest BCUT2D eigenvalue weighted by atomic mass is 15.0. The zero-order chi connectivity index (χ0) is 12.8. The van der Waals surface area contributed by atoms with Crippen LogP contribution in [-0.4, -0.2) is 12.1 Å². The van der Waals surface area contributed by atoms with Crippen LogP contribution in [-0.2, 0) is 0 Å². The van der Waals surface area contributed by atoms with Gasteiger partial charge in [-0.25, -0.2) is 0 Å². The molecular formula is C16H33N. The molecule has 1 aliphatic carbocycles. The van der Waals surface area contributed by atoms with Gasteiger partial charge in [-0.3, -0.25) is 0 Å². The van der Waals surface area contributed by atoms with Crippen LogP contribution in [0.3, 0.4) is 0 Å². The molecule has 0 aromatic carbocycles. The lowest BCUT2D eigenvalue weighted by Gasteiger charge is -2.35. The first-order valence-corrected chi connectivity index (χ1v) is 7.81. The summed E-state index contributed by atoms with van der Waals surface area (Å²) in [5.74, 6) is 2.69. The van der Waals surface area contributed by atoms with Crippen LogP contribution in [0.4, 0.5) is 0 Å². The molecule has 0 heterocycles. The summed E-state index contributed by atoms with van der Waals surface area (Å²) in [6, 6.07) is 1.52. The zero-order valence-corrected chi connectivity index (χ0v) is 12.6. The lowest BCUT2D eigenvalue weighted by atomic mass is 9.80. The maximum Gasteiger partial charge on any atom is 0.00747 e. The first-order chi connectivity index (χ1) is 8.05. The highest BCUT2D eigenvalue weighted by molar-refractivity contribution is 4.82. The molecule has 1 N–H and O–H groups in total. The summed E-state index contributed by atoms with van der Waals surface area (Å²) >= 11 is 0. The van der Waals surface area contributed by atoms with Crippen LogP contribution in [0.5, 0.6) is 0 Å². The lowest BCUT2D eigenvalue weighted by Crippen LogP contribution is -2.42. The zero-order valence-electron chi connectivity index (χ0n) is 12.6. The molecule has 0 aromatic heterocycles. The van der Waals surface area contributed by atoms with Gasteiger partial charge in [-0.1, -0.05) is 41.0 Å². The van der Waals surface area contributed by atoms with E-state index < -0.39 is 0 Å². The van der Waals surface area contributed by atoms with Gasteiger partial charge in [0.2, 0.25) is 0 Å². The fourth-order valence-electron chi connectivity index (χ4n) is 3.42. The van der Waals surface area contributed by atoms with Gasteiger partial charge in [0.15, 0.2) is 0 Å². The van der Waals surface area contributed by atoms with Gasteiger partial charge in [-0.15, -0.1) is 0 Å². The molecule has 0 bridgehead atoms. The summed E-state index contributed by atoms with van der Waals surface area (Å²) in [5, 5.41) is 3.93.